The minimum absolute atomic E-state index is 0.0274. The Kier molecular flexibility index (Phi) is 2.74. The SMILES string of the molecule is Cc1cccc2[nH]c(=O)n(C3CCCN(C)C3)c12. The summed E-state index contributed by atoms with van der Waals surface area (Å²) in [4.78, 5) is 17.5. The Labute approximate surface area is 106 Å². The van der Waals surface area contributed by atoms with Crippen LogP contribution in [0.25, 0.3) is 11.0 Å². The molecule has 0 radical (unpaired) electrons. The van der Waals surface area contributed by atoms with Crippen LogP contribution in [0.3, 0.4) is 0 Å². The average molecular weight is 245 g/mol. The largest absolute Gasteiger partial charge is 0.326 e. The standard InChI is InChI=1S/C14H19N3O/c1-10-5-3-7-12-13(10)17(14(18)15-12)11-6-4-8-16(2)9-11/h3,5,7,11H,4,6,8-9H2,1-2H3,(H,15,18). The number of nitrogens with one attached hydrogen (secondary N) is 1. The number of aromatic amines is 1. The molecule has 0 aliphatic carbocycles. The predicted molar refractivity (Wildman–Crippen MR) is 73.1 cm³/mol. The quantitative estimate of drug-likeness (QED) is 0.833. The van der Waals surface area contributed by atoms with Gasteiger partial charge in [0, 0.05) is 6.54 Å². The van der Waals surface area contributed by atoms with E-state index >= 15 is 0 Å². The molecule has 4 heteroatoms. The highest BCUT2D eigenvalue weighted by Gasteiger charge is 2.22. The second kappa shape index (κ2) is 4.28. The van der Waals surface area contributed by atoms with Crippen molar-refractivity contribution < 1.29 is 0 Å². The van der Waals surface area contributed by atoms with E-state index < -0.39 is 0 Å². The van der Waals surface area contributed by atoms with Crippen LogP contribution in [0.1, 0.15) is 24.4 Å². The van der Waals surface area contributed by atoms with E-state index in [1.807, 2.05) is 16.7 Å². The Balaban J connectivity index is 2.16. The summed E-state index contributed by atoms with van der Waals surface area (Å²) in [5, 5.41) is 0. The monoisotopic (exact) mass is 245 g/mol. The molecule has 1 aromatic carbocycles. The van der Waals surface area contributed by atoms with E-state index in [0.29, 0.717) is 6.04 Å². The van der Waals surface area contributed by atoms with Gasteiger partial charge in [0.2, 0.25) is 0 Å². The van der Waals surface area contributed by atoms with Gasteiger partial charge in [-0.25, -0.2) is 4.79 Å². The summed E-state index contributed by atoms with van der Waals surface area (Å²) >= 11 is 0. The third kappa shape index (κ3) is 1.77. The molecule has 96 valence electrons. The normalized spacial score (nSPS) is 21.6. The zero-order valence-corrected chi connectivity index (χ0v) is 10.9. The smallest absolute Gasteiger partial charge is 0.306 e. The predicted octanol–water partition coefficient (Wildman–Crippen LogP) is 1.90. The molecule has 0 saturated carbocycles. The first-order valence-electron chi connectivity index (χ1n) is 6.55. The molecule has 1 fully saturated rings. The van der Waals surface area contributed by atoms with Crippen LogP contribution in [-0.4, -0.2) is 34.6 Å². The second-order valence-corrected chi connectivity index (χ2v) is 5.33. The van der Waals surface area contributed by atoms with Crippen molar-refractivity contribution in [1.82, 2.24) is 14.5 Å². The van der Waals surface area contributed by atoms with Crippen molar-refractivity contribution in [3.63, 3.8) is 0 Å². The molecule has 0 bridgehead atoms. The van der Waals surface area contributed by atoms with Gasteiger partial charge in [0.15, 0.2) is 0 Å². The van der Waals surface area contributed by atoms with Crippen LogP contribution < -0.4 is 5.69 Å². The lowest BCUT2D eigenvalue weighted by Crippen LogP contribution is -2.37. The number of rotatable bonds is 1. The van der Waals surface area contributed by atoms with E-state index in [9.17, 15) is 4.79 Å². The lowest BCUT2D eigenvalue weighted by atomic mass is 10.1. The molecule has 0 spiro atoms. The van der Waals surface area contributed by atoms with Gasteiger partial charge < -0.3 is 9.88 Å². The first-order valence-corrected chi connectivity index (χ1v) is 6.55. The van der Waals surface area contributed by atoms with Crippen molar-refractivity contribution in [3.05, 3.63) is 34.2 Å². The zero-order chi connectivity index (χ0) is 12.7. The number of H-pyrrole nitrogens is 1. The van der Waals surface area contributed by atoms with Crippen LogP contribution in [0.2, 0.25) is 0 Å². The topological polar surface area (TPSA) is 41.0 Å². The highest BCUT2D eigenvalue weighted by molar-refractivity contribution is 5.78. The number of benzene rings is 1. The van der Waals surface area contributed by atoms with E-state index in [-0.39, 0.29) is 5.69 Å². The average Bonchev–Trinajstić information content (AvgIpc) is 2.67. The number of likely N-dealkylation sites (N-methyl/N-ethyl adjacent to an activating group) is 1. The summed E-state index contributed by atoms with van der Waals surface area (Å²) in [5.74, 6) is 0. The molecular formula is C14H19N3O. The van der Waals surface area contributed by atoms with Crippen molar-refractivity contribution >= 4 is 11.0 Å². The molecule has 0 amide bonds. The molecule has 3 rings (SSSR count). The third-order valence-corrected chi connectivity index (χ3v) is 3.90. The summed E-state index contributed by atoms with van der Waals surface area (Å²) in [6, 6.07) is 6.34. The zero-order valence-electron chi connectivity index (χ0n) is 10.9. The van der Waals surface area contributed by atoms with Gasteiger partial charge in [0.25, 0.3) is 0 Å². The van der Waals surface area contributed by atoms with E-state index in [0.717, 1.165) is 37.0 Å². The maximum atomic E-state index is 12.2. The van der Waals surface area contributed by atoms with Crippen LogP contribution in [0, 0.1) is 6.92 Å². The Hall–Kier alpha value is -1.55. The van der Waals surface area contributed by atoms with Crippen LogP contribution >= 0.6 is 0 Å². The Morgan fingerprint density at radius 2 is 2.22 bits per heavy atom. The summed E-state index contributed by atoms with van der Waals surface area (Å²) in [6.45, 7) is 4.16. The van der Waals surface area contributed by atoms with Crippen LogP contribution in [0.4, 0.5) is 0 Å². The Morgan fingerprint density at radius 1 is 1.39 bits per heavy atom. The molecule has 1 unspecified atom stereocenters. The number of nitrogens with zero attached hydrogens (tertiary/aromatic N) is 2. The molecule has 4 nitrogen and oxygen atoms in total. The number of fused-ring (bicyclic) bond motifs is 1. The van der Waals surface area contributed by atoms with Gasteiger partial charge in [-0.05, 0) is 45.0 Å². The van der Waals surface area contributed by atoms with Gasteiger partial charge in [-0.2, -0.15) is 0 Å². The van der Waals surface area contributed by atoms with Crippen molar-refractivity contribution in [2.24, 2.45) is 0 Å². The molecule has 1 aliphatic rings. The number of hydrogen-bond donors (Lipinski definition) is 1. The summed E-state index contributed by atoms with van der Waals surface area (Å²) in [6.07, 6.45) is 2.25. The first-order chi connectivity index (χ1) is 8.66. The highest BCUT2D eigenvalue weighted by Crippen LogP contribution is 2.24. The van der Waals surface area contributed by atoms with E-state index in [2.05, 4.69) is 29.9 Å². The number of likely N-dealkylation sites (tertiary alicyclic amines) is 1. The minimum atomic E-state index is 0.0274. The second-order valence-electron chi connectivity index (χ2n) is 5.33. The lowest BCUT2D eigenvalue weighted by molar-refractivity contribution is 0.212. The first kappa shape index (κ1) is 11.5. The van der Waals surface area contributed by atoms with Gasteiger partial charge >= 0.3 is 5.69 Å². The maximum Gasteiger partial charge on any atom is 0.326 e. The molecule has 1 aliphatic heterocycles. The van der Waals surface area contributed by atoms with Crippen LogP contribution in [0.15, 0.2) is 23.0 Å². The number of piperidine rings is 1. The number of para-hydroxylation sites is 1. The fraction of sp³-hybridized carbons (Fsp3) is 0.500. The third-order valence-electron chi connectivity index (χ3n) is 3.90. The van der Waals surface area contributed by atoms with Crippen molar-refractivity contribution in [2.45, 2.75) is 25.8 Å². The van der Waals surface area contributed by atoms with Crippen molar-refractivity contribution in [2.75, 3.05) is 20.1 Å². The molecule has 1 N–H and O–H groups in total. The molecule has 18 heavy (non-hydrogen) atoms. The van der Waals surface area contributed by atoms with E-state index in [4.69, 9.17) is 0 Å². The molecular weight excluding hydrogens is 226 g/mol. The van der Waals surface area contributed by atoms with Gasteiger partial charge in [0.1, 0.15) is 0 Å². The molecule has 1 atom stereocenters. The summed E-state index contributed by atoms with van der Waals surface area (Å²) in [7, 11) is 2.12. The number of aromatic nitrogens is 2. The fourth-order valence-corrected chi connectivity index (χ4v) is 3.05. The van der Waals surface area contributed by atoms with Gasteiger partial charge in [-0.1, -0.05) is 12.1 Å². The number of hydrogen-bond acceptors (Lipinski definition) is 2. The van der Waals surface area contributed by atoms with E-state index in [1.54, 1.807) is 0 Å². The number of imidazole rings is 1. The van der Waals surface area contributed by atoms with E-state index in [1.165, 1.54) is 5.56 Å². The van der Waals surface area contributed by atoms with Crippen LogP contribution in [-0.2, 0) is 0 Å². The van der Waals surface area contributed by atoms with Crippen molar-refractivity contribution in [3.8, 4) is 0 Å². The maximum absolute atomic E-state index is 12.2. The Morgan fingerprint density at radius 3 is 3.00 bits per heavy atom. The molecule has 2 aromatic rings. The summed E-state index contributed by atoms with van der Waals surface area (Å²) < 4.78 is 1.96. The highest BCUT2D eigenvalue weighted by atomic mass is 16.1. The van der Waals surface area contributed by atoms with Gasteiger partial charge in [-0.15, -0.1) is 0 Å². The Bertz CT molecular complexity index is 625. The molecule has 1 saturated heterocycles. The summed E-state index contributed by atoms with van der Waals surface area (Å²) in [5.41, 5.74) is 3.22. The fourth-order valence-electron chi connectivity index (χ4n) is 3.05. The van der Waals surface area contributed by atoms with Crippen LogP contribution in [0.5, 0.6) is 0 Å². The lowest BCUT2D eigenvalue weighted by Gasteiger charge is -2.30. The van der Waals surface area contributed by atoms with Crippen molar-refractivity contribution in [1.29, 1.82) is 0 Å². The minimum Gasteiger partial charge on any atom is -0.306 e. The van der Waals surface area contributed by atoms with Gasteiger partial charge in [-0.3, -0.25) is 4.57 Å². The molecule has 2 heterocycles. The van der Waals surface area contributed by atoms with Gasteiger partial charge in [0.05, 0.1) is 17.1 Å². The number of aryl methyl sites for hydroxylation is 1. The molecule has 1 aromatic heterocycles.